The molecule has 1 rings (SSSR count). The summed E-state index contributed by atoms with van der Waals surface area (Å²) in [6, 6.07) is 4.27. The fourth-order valence-electron chi connectivity index (χ4n) is 1.43. The number of hydrogen-bond acceptors (Lipinski definition) is 2. The second-order valence-electron chi connectivity index (χ2n) is 3.63. The summed E-state index contributed by atoms with van der Waals surface area (Å²) in [6.45, 7) is 4.88. The maximum Gasteiger partial charge on any atom is 0.228 e. The number of halogens is 1. The van der Waals surface area contributed by atoms with Crippen molar-refractivity contribution in [1.29, 1.82) is 0 Å². The summed E-state index contributed by atoms with van der Waals surface area (Å²) >= 11 is 5.01. The number of nitrogens with zero attached hydrogens (tertiary/aromatic N) is 1. The van der Waals surface area contributed by atoms with E-state index in [1.54, 1.807) is 11.3 Å². The van der Waals surface area contributed by atoms with Gasteiger partial charge in [-0.3, -0.25) is 4.79 Å². The molecule has 0 N–H and O–H groups in total. The van der Waals surface area contributed by atoms with Crippen molar-refractivity contribution in [2.75, 3.05) is 11.9 Å². The van der Waals surface area contributed by atoms with E-state index in [1.807, 2.05) is 22.4 Å². The molecule has 0 radical (unpaired) electrons. The van der Waals surface area contributed by atoms with Gasteiger partial charge in [0, 0.05) is 22.8 Å². The number of alkyl halides is 1. The van der Waals surface area contributed by atoms with E-state index in [4.69, 9.17) is 0 Å². The van der Waals surface area contributed by atoms with Gasteiger partial charge in [-0.25, -0.2) is 0 Å². The molecule has 0 fully saturated rings. The molecule has 0 aliphatic rings. The van der Waals surface area contributed by atoms with Crippen LogP contribution in [0.2, 0.25) is 0 Å². The Morgan fingerprint density at radius 2 is 2.33 bits per heavy atom. The van der Waals surface area contributed by atoms with Crippen LogP contribution in [0, 0.1) is 0 Å². The summed E-state index contributed by atoms with van der Waals surface area (Å²) in [7, 11) is 0. The highest BCUT2D eigenvalue weighted by Crippen LogP contribution is 2.12. The molecular formula is C11H16BrNOS. The molecule has 0 bridgehead atoms. The molecule has 15 heavy (non-hydrogen) atoms. The summed E-state index contributed by atoms with van der Waals surface area (Å²) in [5, 5.41) is 2.84. The molecule has 1 aromatic rings. The molecule has 4 heteroatoms. The minimum atomic E-state index is 0.215. The van der Waals surface area contributed by atoms with Gasteiger partial charge in [0.2, 0.25) is 5.91 Å². The Morgan fingerprint density at radius 3 is 2.80 bits per heavy atom. The first-order chi connectivity index (χ1) is 7.15. The summed E-state index contributed by atoms with van der Waals surface area (Å²) < 4.78 is 0. The van der Waals surface area contributed by atoms with Gasteiger partial charge in [-0.1, -0.05) is 22.0 Å². The van der Waals surface area contributed by atoms with Crippen LogP contribution in [0.3, 0.4) is 0 Å². The lowest BCUT2D eigenvalue weighted by Crippen LogP contribution is -2.39. The molecule has 2 nitrogen and oxygen atoms in total. The van der Waals surface area contributed by atoms with Crippen molar-refractivity contribution in [3.8, 4) is 0 Å². The third-order valence-corrected chi connectivity index (χ3v) is 3.41. The summed E-state index contributed by atoms with van der Waals surface area (Å²) in [6.07, 6.45) is 0.531. The third kappa shape index (κ3) is 3.95. The van der Waals surface area contributed by atoms with Crippen LogP contribution in [0.25, 0.3) is 0 Å². The van der Waals surface area contributed by atoms with Crippen molar-refractivity contribution >= 4 is 33.2 Å². The van der Waals surface area contributed by atoms with Gasteiger partial charge in [0.15, 0.2) is 0 Å². The van der Waals surface area contributed by atoms with Gasteiger partial charge in [0.25, 0.3) is 0 Å². The van der Waals surface area contributed by atoms with E-state index in [0.717, 1.165) is 16.8 Å². The molecule has 0 unspecified atom stereocenters. The minimum absolute atomic E-state index is 0.215. The molecule has 0 aromatic carbocycles. The molecule has 0 spiro atoms. The number of rotatable bonds is 5. The highest BCUT2D eigenvalue weighted by molar-refractivity contribution is 9.09. The first kappa shape index (κ1) is 12.7. The van der Waals surface area contributed by atoms with Gasteiger partial charge < -0.3 is 4.90 Å². The van der Waals surface area contributed by atoms with Crippen LogP contribution in [-0.2, 0) is 11.2 Å². The maximum absolute atomic E-state index is 12.0. The second-order valence-corrected chi connectivity index (χ2v) is 5.45. The average Bonchev–Trinajstić information content (AvgIpc) is 2.65. The Bertz CT molecular complexity index is 298. The average molecular weight is 290 g/mol. The Morgan fingerprint density at radius 1 is 1.60 bits per heavy atom. The number of carbonyl (C=O) groups is 1. The lowest BCUT2D eigenvalue weighted by molar-refractivity contribution is -0.131. The topological polar surface area (TPSA) is 20.3 Å². The van der Waals surface area contributed by atoms with Crippen LogP contribution < -0.4 is 0 Å². The number of thiophene rings is 1. The molecule has 0 saturated heterocycles. The molecular weight excluding hydrogens is 274 g/mol. The third-order valence-electron chi connectivity index (χ3n) is 2.17. The van der Waals surface area contributed by atoms with Crippen molar-refractivity contribution in [3.05, 3.63) is 22.4 Å². The zero-order valence-electron chi connectivity index (χ0n) is 9.07. The minimum Gasteiger partial charge on any atom is -0.339 e. The molecule has 0 aliphatic carbocycles. The molecule has 84 valence electrons. The predicted octanol–water partition coefficient (Wildman–Crippen LogP) is 2.92. The van der Waals surface area contributed by atoms with Gasteiger partial charge >= 0.3 is 0 Å². The largest absolute Gasteiger partial charge is 0.339 e. The highest BCUT2D eigenvalue weighted by Gasteiger charge is 2.16. The Hall–Kier alpha value is -0.350. The van der Waals surface area contributed by atoms with Crippen LogP contribution in [0.1, 0.15) is 18.7 Å². The van der Waals surface area contributed by atoms with E-state index >= 15 is 0 Å². The molecule has 1 aromatic heterocycles. The predicted molar refractivity (Wildman–Crippen MR) is 68.7 cm³/mol. The SMILES string of the molecule is CC(C)N(CCBr)C(=O)Cc1cccs1. The fraction of sp³-hybridized carbons (Fsp3) is 0.545. The first-order valence-corrected chi connectivity index (χ1v) is 7.03. The molecule has 0 aliphatic heterocycles. The molecule has 0 saturated carbocycles. The van der Waals surface area contributed by atoms with Gasteiger partial charge in [0.1, 0.15) is 0 Å². The van der Waals surface area contributed by atoms with E-state index in [9.17, 15) is 4.79 Å². The zero-order valence-corrected chi connectivity index (χ0v) is 11.5. The Kier molecular flexibility index (Phi) is 5.32. The Labute approximate surface area is 103 Å². The van der Waals surface area contributed by atoms with Gasteiger partial charge in [-0.2, -0.15) is 0 Å². The summed E-state index contributed by atoms with van der Waals surface area (Å²) in [5.41, 5.74) is 0. The van der Waals surface area contributed by atoms with Crippen LogP contribution in [0.4, 0.5) is 0 Å². The van der Waals surface area contributed by atoms with Crippen molar-refractivity contribution in [2.24, 2.45) is 0 Å². The van der Waals surface area contributed by atoms with Crippen LogP contribution in [0.5, 0.6) is 0 Å². The summed E-state index contributed by atoms with van der Waals surface area (Å²) in [5.74, 6) is 0.215. The van der Waals surface area contributed by atoms with Crippen LogP contribution in [-0.4, -0.2) is 28.7 Å². The lowest BCUT2D eigenvalue weighted by Gasteiger charge is -2.25. The van der Waals surface area contributed by atoms with Crippen LogP contribution in [0.15, 0.2) is 17.5 Å². The monoisotopic (exact) mass is 289 g/mol. The molecule has 0 atom stereocenters. The van der Waals surface area contributed by atoms with Crippen molar-refractivity contribution < 1.29 is 4.79 Å². The summed E-state index contributed by atoms with van der Waals surface area (Å²) in [4.78, 5) is 15.0. The van der Waals surface area contributed by atoms with E-state index in [-0.39, 0.29) is 11.9 Å². The number of carbonyl (C=O) groups excluding carboxylic acids is 1. The molecule has 1 amide bonds. The second kappa shape index (κ2) is 6.28. The maximum atomic E-state index is 12.0. The van der Waals surface area contributed by atoms with E-state index in [0.29, 0.717) is 6.42 Å². The van der Waals surface area contributed by atoms with E-state index in [2.05, 4.69) is 29.8 Å². The van der Waals surface area contributed by atoms with Crippen LogP contribution >= 0.6 is 27.3 Å². The van der Waals surface area contributed by atoms with Gasteiger partial charge in [-0.15, -0.1) is 11.3 Å². The van der Waals surface area contributed by atoms with Crippen molar-refractivity contribution in [3.63, 3.8) is 0 Å². The van der Waals surface area contributed by atoms with Crippen molar-refractivity contribution in [1.82, 2.24) is 4.90 Å². The lowest BCUT2D eigenvalue weighted by atomic mass is 10.2. The van der Waals surface area contributed by atoms with Gasteiger partial charge in [0.05, 0.1) is 6.42 Å². The Balaban J connectivity index is 2.56. The van der Waals surface area contributed by atoms with Gasteiger partial charge in [-0.05, 0) is 25.3 Å². The van der Waals surface area contributed by atoms with Crippen molar-refractivity contribution in [2.45, 2.75) is 26.3 Å². The zero-order chi connectivity index (χ0) is 11.3. The standard InChI is InChI=1S/C11H16BrNOS/c1-9(2)13(6-5-12)11(14)8-10-4-3-7-15-10/h3-4,7,9H,5-6,8H2,1-2H3. The molecule has 1 heterocycles. The number of amides is 1. The normalized spacial score (nSPS) is 10.7. The fourth-order valence-corrected chi connectivity index (χ4v) is 2.50. The van der Waals surface area contributed by atoms with E-state index < -0.39 is 0 Å². The quantitative estimate of drug-likeness (QED) is 0.764. The van der Waals surface area contributed by atoms with E-state index in [1.165, 1.54) is 0 Å². The highest BCUT2D eigenvalue weighted by atomic mass is 79.9. The number of hydrogen-bond donors (Lipinski definition) is 0. The smallest absolute Gasteiger partial charge is 0.228 e. The first-order valence-electron chi connectivity index (χ1n) is 5.03.